The van der Waals surface area contributed by atoms with Gasteiger partial charge in [0.1, 0.15) is 23.8 Å². The van der Waals surface area contributed by atoms with Crippen LogP contribution in [-0.4, -0.2) is 152 Å². The second-order valence-electron chi connectivity index (χ2n) is 23.8. The van der Waals surface area contributed by atoms with E-state index in [0.29, 0.717) is 46.7 Å². The molecule has 81 heavy (non-hydrogen) atoms. The van der Waals surface area contributed by atoms with Crippen molar-refractivity contribution in [1.29, 1.82) is 0 Å². The van der Waals surface area contributed by atoms with Gasteiger partial charge in [-0.15, -0.1) is 21.5 Å². The minimum Gasteiger partial charge on any atom is -0.507 e. The van der Waals surface area contributed by atoms with Crippen LogP contribution in [0.25, 0.3) is 21.7 Å². The van der Waals surface area contributed by atoms with E-state index >= 15 is 0 Å². The average Bonchev–Trinajstić information content (AvgIpc) is 4.31. The van der Waals surface area contributed by atoms with Crippen LogP contribution in [0.1, 0.15) is 108 Å². The molecule has 428 valence electrons. The largest absolute Gasteiger partial charge is 0.507 e. The van der Waals surface area contributed by atoms with E-state index in [2.05, 4.69) is 62.4 Å². The Hall–Kier alpha value is -6.87. The zero-order valence-electron chi connectivity index (χ0n) is 46.8. The average molecular weight is 1120 g/mol. The number of likely N-dealkylation sites (tertiary alicyclic amines) is 2. The van der Waals surface area contributed by atoms with E-state index in [9.17, 15) is 19.8 Å². The predicted octanol–water partition coefficient (Wildman–Crippen LogP) is 7.99. The van der Waals surface area contributed by atoms with Gasteiger partial charge in [-0.2, -0.15) is 0 Å². The number of β-amino-alcohol motifs (C(OH)–C–C–N with tert-alkyl or cyclic N) is 1. The number of nitrogens with one attached hydrogen (secondary N) is 1. The maximum absolute atomic E-state index is 14.5. The molecule has 4 aromatic heterocycles. The smallest absolute Gasteiger partial charge is 0.243 e. The minimum absolute atomic E-state index is 0.0766. The quantitative estimate of drug-likeness (QED) is 0.0679. The molecule has 2 amide bonds. The Morgan fingerprint density at radius 1 is 0.852 bits per heavy atom. The summed E-state index contributed by atoms with van der Waals surface area (Å²) in [6, 6.07) is 22.8. The molecule has 5 N–H and O–H groups in total. The molecule has 6 aromatic rings. The molecule has 2 bridgehead atoms. The Kier molecular flexibility index (Phi) is 15.9. The molecule has 5 aliphatic heterocycles. The first-order chi connectivity index (χ1) is 39.3. The number of carbonyl (C=O) groups excluding carboxylic acids is 2. The highest BCUT2D eigenvalue weighted by Gasteiger charge is 2.45. The normalized spacial score (nSPS) is 25.0. The number of phenols is 1. The van der Waals surface area contributed by atoms with Crippen molar-refractivity contribution in [3.63, 3.8) is 0 Å². The molecule has 6 fully saturated rings. The van der Waals surface area contributed by atoms with Gasteiger partial charge in [-0.25, -0.2) is 9.97 Å². The van der Waals surface area contributed by atoms with Crippen molar-refractivity contribution in [3.05, 3.63) is 102 Å². The number of aliphatic hydroxyl groups excluding tert-OH is 1. The Balaban J connectivity index is 0.582. The second kappa shape index (κ2) is 23.5. The first kappa shape index (κ1) is 54.7. The highest BCUT2D eigenvalue weighted by molar-refractivity contribution is 7.13. The summed E-state index contributed by atoms with van der Waals surface area (Å²) in [5.41, 5.74) is 14.5. The molecule has 1 aliphatic carbocycles. The number of amides is 2. The maximum atomic E-state index is 14.5. The van der Waals surface area contributed by atoms with Crippen molar-refractivity contribution in [1.82, 2.24) is 40.4 Å². The number of aromatic nitrogens is 5. The van der Waals surface area contributed by atoms with Crippen LogP contribution in [0.5, 0.6) is 11.6 Å². The van der Waals surface area contributed by atoms with Crippen LogP contribution >= 0.6 is 11.3 Å². The van der Waals surface area contributed by atoms with Crippen LogP contribution < -0.4 is 30.5 Å². The number of aryl methyl sites for hydroxylation is 1. The van der Waals surface area contributed by atoms with Gasteiger partial charge in [-0.1, -0.05) is 55.4 Å². The highest BCUT2D eigenvalue weighted by Crippen LogP contribution is 2.41. The van der Waals surface area contributed by atoms with E-state index < -0.39 is 18.1 Å². The number of aliphatic hydroxyl groups is 1. The number of piperidine rings is 2. The topological polar surface area (TPSA) is 225 Å². The van der Waals surface area contributed by atoms with E-state index in [1.165, 1.54) is 0 Å². The summed E-state index contributed by atoms with van der Waals surface area (Å²) in [4.78, 5) is 49.7. The lowest BCUT2D eigenvalue weighted by Crippen LogP contribution is -2.54. The number of para-hydroxylation sites is 1. The highest BCUT2D eigenvalue weighted by atomic mass is 32.1. The number of piperazine rings is 1. The molecule has 3 unspecified atom stereocenters. The number of nitrogen functional groups attached to an aromatic ring is 1. The van der Waals surface area contributed by atoms with Gasteiger partial charge >= 0.3 is 0 Å². The van der Waals surface area contributed by atoms with E-state index in [1.807, 2.05) is 87.9 Å². The van der Waals surface area contributed by atoms with Crippen molar-refractivity contribution < 1.29 is 33.8 Å². The maximum Gasteiger partial charge on any atom is 0.243 e. The molecule has 2 aromatic carbocycles. The number of fused-ring (bicyclic) bond motifs is 2. The molecular weight excluding hydrogens is 1040 g/mol. The van der Waals surface area contributed by atoms with Gasteiger partial charge < -0.3 is 59.8 Å². The van der Waals surface area contributed by atoms with Crippen molar-refractivity contribution in [2.75, 3.05) is 72.8 Å². The number of benzene rings is 2. The van der Waals surface area contributed by atoms with E-state index in [4.69, 9.17) is 19.7 Å². The van der Waals surface area contributed by atoms with Gasteiger partial charge in [0.25, 0.3) is 0 Å². The summed E-state index contributed by atoms with van der Waals surface area (Å²) in [5, 5.41) is 37.5. The number of ether oxygens (including phenoxy) is 2. The fourth-order valence-corrected chi connectivity index (χ4v) is 14.3. The fraction of sp³-hybridized carbons (Fsp3) is 0.525. The van der Waals surface area contributed by atoms with Gasteiger partial charge in [-0.3, -0.25) is 9.59 Å². The third-order valence-corrected chi connectivity index (χ3v) is 18.8. The van der Waals surface area contributed by atoms with Gasteiger partial charge in [0, 0.05) is 113 Å². The molecule has 19 nitrogen and oxygen atoms in total. The summed E-state index contributed by atoms with van der Waals surface area (Å²) < 4.78 is 19.1. The Labute approximate surface area is 477 Å². The Bertz CT molecular complexity index is 3150. The number of rotatable bonds is 17. The Morgan fingerprint density at radius 2 is 1.63 bits per heavy atom. The lowest BCUT2D eigenvalue weighted by Gasteiger charge is -2.43. The number of nitrogens with zero attached hydrogens (tertiary/aromatic N) is 10. The monoisotopic (exact) mass is 1120 g/mol. The number of pyridine rings is 1. The molecule has 12 rings (SSSR count). The zero-order chi connectivity index (χ0) is 55.9. The van der Waals surface area contributed by atoms with Crippen LogP contribution in [0, 0.1) is 18.8 Å². The molecule has 20 heteroatoms. The van der Waals surface area contributed by atoms with Crippen LogP contribution in [0.3, 0.4) is 0 Å². The van der Waals surface area contributed by atoms with Crippen LogP contribution in [0.4, 0.5) is 23.0 Å². The third-order valence-electron chi connectivity index (χ3n) is 17.8. The molecular formula is C61H76N12O7S. The summed E-state index contributed by atoms with van der Waals surface area (Å²) in [7, 11) is 0. The van der Waals surface area contributed by atoms with Crippen LogP contribution in [0.2, 0.25) is 0 Å². The molecule has 0 spiro atoms. The van der Waals surface area contributed by atoms with Crippen LogP contribution in [-0.2, 0) is 14.3 Å². The number of carbonyl (C=O) groups is 2. The second-order valence-corrected chi connectivity index (χ2v) is 24.7. The number of aromatic hydroxyl groups is 1. The number of phenolic OH excluding ortho intramolecular Hbond substituents is 1. The van der Waals surface area contributed by atoms with E-state index in [0.717, 1.165) is 136 Å². The number of anilines is 4. The molecule has 0 radical (unpaired) electrons. The van der Waals surface area contributed by atoms with Crippen LogP contribution in [0.15, 0.2) is 89.0 Å². The number of nitrogens with two attached hydrogens (primary N) is 1. The number of hydrogen-bond acceptors (Lipinski definition) is 18. The zero-order valence-corrected chi connectivity index (χ0v) is 47.7. The van der Waals surface area contributed by atoms with Gasteiger partial charge in [0.2, 0.25) is 17.7 Å². The van der Waals surface area contributed by atoms with Gasteiger partial charge in [0.15, 0.2) is 17.4 Å². The molecule has 1 saturated carbocycles. The summed E-state index contributed by atoms with van der Waals surface area (Å²) in [5.74, 6) is 1.58. The van der Waals surface area contributed by atoms with E-state index in [-0.39, 0.29) is 60.8 Å². The molecule has 7 atom stereocenters. The first-order valence-electron chi connectivity index (χ1n) is 29.2. The first-order valence-corrected chi connectivity index (χ1v) is 30.1. The van der Waals surface area contributed by atoms with Gasteiger partial charge in [-0.05, 0) is 99.6 Å². The standard InChI is InChI=1S/C61H76N12O7S/c1-36(2)57(61(77)72-34-45(74)25-52(72)60(76)65-37(3)40-11-13-41(14-12-40)58-38(4)64-35-81-58)54-29-55(68-80-54)70-21-7-8-39(31-70)30-69-22-18-46(19-23-69)78-47-26-48(27-47)79-56-24-42(17-20-63-56)73-43-15-16-44(73)33-71(32-43)51-28-50(66-67-59(51)62)49-9-5-6-10-53(49)75/h5-6,9-14,17,20,24,28-29,35-37,39,43-48,52,57,74-75H,7-8,15-16,18-19,21-23,25-27,30-34H2,1-4H3,(H2,62,67)(H,65,76)/t37-,39?,43?,44?,45+,47?,48?,52-,57-/m0/s1. The SMILES string of the molecule is Cc1ncsc1-c1ccc([C@H](C)NC(=O)[C@@H]2C[C@@H](O)CN2C(=O)[C@H](c2cc(N3CCCC(CN4CCC(OC5CC(Oc6cc(N7C8CCC7CN(c7cc(-c9ccccc9O)nnc7N)C8)ccn6)C5)CC4)C3)no2)C(C)C)cc1. The third kappa shape index (κ3) is 11.8. The predicted molar refractivity (Wildman–Crippen MR) is 311 cm³/mol. The molecule has 9 heterocycles. The number of thiazole rings is 1. The van der Waals surface area contributed by atoms with Crippen molar-refractivity contribution in [3.8, 4) is 33.3 Å². The van der Waals surface area contributed by atoms with Gasteiger partial charge in [0.05, 0.1) is 51.8 Å². The van der Waals surface area contributed by atoms with Crippen molar-refractivity contribution in [2.24, 2.45) is 11.8 Å². The van der Waals surface area contributed by atoms with Crippen molar-refractivity contribution >= 4 is 46.2 Å². The Morgan fingerprint density at radius 3 is 2.37 bits per heavy atom. The summed E-state index contributed by atoms with van der Waals surface area (Å²) in [6.07, 6.45) is 9.81. The lowest BCUT2D eigenvalue weighted by molar-refractivity contribution is -0.141. The molecule has 6 aliphatic rings. The fourth-order valence-electron chi connectivity index (χ4n) is 13.5. The number of hydrogen-bond donors (Lipinski definition) is 4. The lowest BCUT2D eigenvalue weighted by atomic mass is 9.91. The summed E-state index contributed by atoms with van der Waals surface area (Å²) >= 11 is 1.60. The minimum atomic E-state index is -0.807. The van der Waals surface area contributed by atoms with E-state index in [1.54, 1.807) is 28.4 Å². The summed E-state index contributed by atoms with van der Waals surface area (Å²) in [6.45, 7) is 14.3. The van der Waals surface area contributed by atoms with Crippen molar-refractivity contribution in [2.45, 2.75) is 140 Å². The molecule has 5 saturated heterocycles.